The van der Waals surface area contributed by atoms with Crippen molar-refractivity contribution in [2.45, 2.75) is 32.9 Å². The van der Waals surface area contributed by atoms with E-state index < -0.39 is 0 Å². The first-order valence-electron chi connectivity index (χ1n) is 11.5. The number of carbonyl (C=O) groups excluding carboxylic acids is 3. The molecule has 3 amide bonds. The molecule has 3 aromatic carbocycles. The summed E-state index contributed by atoms with van der Waals surface area (Å²) in [7, 11) is 1.76. The number of carbonyl (C=O) groups is 3. The lowest BCUT2D eigenvalue weighted by Gasteiger charge is -2.20. The summed E-state index contributed by atoms with van der Waals surface area (Å²) in [5.74, 6) is -0.575. The fraction of sp³-hybridized carbons (Fsp3) is 0.250. The number of nitrogens with zero attached hydrogens (tertiary/aromatic N) is 1. The quantitative estimate of drug-likeness (QED) is 0.449. The van der Waals surface area contributed by atoms with Crippen molar-refractivity contribution in [1.82, 2.24) is 10.2 Å². The van der Waals surface area contributed by atoms with Gasteiger partial charge in [-0.2, -0.15) is 0 Å². The minimum atomic E-state index is -0.355. The highest BCUT2D eigenvalue weighted by Gasteiger charge is 2.16. The molecule has 0 heterocycles. The van der Waals surface area contributed by atoms with Crippen molar-refractivity contribution < 1.29 is 14.4 Å². The Bertz CT molecular complexity index is 1190. The maximum atomic E-state index is 12.8. The molecule has 0 fully saturated rings. The number of anilines is 2. The van der Waals surface area contributed by atoms with Crippen LogP contribution in [0, 0.1) is 0 Å². The Kier molecular flexibility index (Phi) is 8.25. The molecule has 3 N–H and O–H groups in total. The highest BCUT2D eigenvalue weighted by molar-refractivity contribution is 5.98. The molecule has 0 spiro atoms. The van der Waals surface area contributed by atoms with Gasteiger partial charge in [-0.1, -0.05) is 42.5 Å². The van der Waals surface area contributed by atoms with E-state index in [2.05, 4.69) is 16.0 Å². The Morgan fingerprint density at radius 3 is 2.11 bits per heavy atom. The molecule has 182 valence electrons. The smallest absolute Gasteiger partial charge is 0.253 e. The Morgan fingerprint density at radius 2 is 1.43 bits per heavy atom. The van der Waals surface area contributed by atoms with Gasteiger partial charge in [0.1, 0.15) is 0 Å². The second kappa shape index (κ2) is 11.3. The van der Waals surface area contributed by atoms with Gasteiger partial charge in [0.25, 0.3) is 11.8 Å². The highest BCUT2D eigenvalue weighted by atomic mass is 16.2. The van der Waals surface area contributed by atoms with Crippen molar-refractivity contribution in [3.63, 3.8) is 0 Å². The third-order valence-electron chi connectivity index (χ3n) is 5.07. The topological polar surface area (TPSA) is 90.5 Å². The summed E-state index contributed by atoms with van der Waals surface area (Å²) in [6.07, 6.45) is 0. The van der Waals surface area contributed by atoms with Crippen molar-refractivity contribution in [2.24, 2.45) is 0 Å². The van der Waals surface area contributed by atoms with E-state index in [1.54, 1.807) is 60.5 Å². The van der Waals surface area contributed by atoms with Crippen LogP contribution < -0.4 is 16.0 Å². The second-order valence-corrected chi connectivity index (χ2v) is 9.41. The van der Waals surface area contributed by atoms with E-state index >= 15 is 0 Å². The number of hydrogen-bond acceptors (Lipinski definition) is 4. The average Bonchev–Trinajstić information content (AvgIpc) is 2.82. The first-order chi connectivity index (χ1) is 16.6. The molecular weight excluding hydrogens is 440 g/mol. The van der Waals surface area contributed by atoms with Crippen LogP contribution in [0.4, 0.5) is 11.4 Å². The number of hydrogen-bond donors (Lipinski definition) is 3. The van der Waals surface area contributed by atoms with Crippen LogP contribution in [0.1, 0.15) is 47.1 Å². The van der Waals surface area contributed by atoms with Gasteiger partial charge in [0.05, 0.1) is 6.54 Å². The molecule has 7 nitrogen and oxygen atoms in total. The molecule has 0 radical (unpaired) electrons. The van der Waals surface area contributed by atoms with E-state index in [1.807, 2.05) is 51.1 Å². The summed E-state index contributed by atoms with van der Waals surface area (Å²) in [6, 6.07) is 23.7. The van der Waals surface area contributed by atoms with Gasteiger partial charge in [-0.25, -0.2) is 0 Å². The van der Waals surface area contributed by atoms with Crippen LogP contribution in [-0.2, 0) is 11.3 Å². The van der Waals surface area contributed by atoms with Gasteiger partial charge in [0, 0.05) is 41.6 Å². The average molecular weight is 473 g/mol. The first kappa shape index (κ1) is 25.5. The molecule has 0 saturated carbocycles. The monoisotopic (exact) mass is 472 g/mol. The molecular formula is C28H32N4O3. The van der Waals surface area contributed by atoms with Crippen LogP contribution in [0.5, 0.6) is 0 Å². The number of rotatable bonds is 8. The molecule has 0 unspecified atom stereocenters. The fourth-order valence-corrected chi connectivity index (χ4v) is 3.45. The maximum absolute atomic E-state index is 12.8. The highest BCUT2D eigenvalue weighted by Crippen LogP contribution is 2.15. The van der Waals surface area contributed by atoms with Crippen LogP contribution in [0.25, 0.3) is 0 Å². The van der Waals surface area contributed by atoms with Gasteiger partial charge >= 0.3 is 0 Å². The molecule has 3 aromatic rings. The zero-order chi connectivity index (χ0) is 25.4. The molecule has 0 atom stereocenters. The summed E-state index contributed by atoms with van der Waals surface area (Å²) < 4.78 is 0. The molecule has 0 aliphatic heterocycles. The molecule has 0 bridgehead atoms. The van der Waals surface area contributed by atoms with Crippen LogP contribution >= 0.6 is 0 Å². The zero-order valence-corrected chi connectivity index (χ0v) is 20.6. The largest absolute Gasteiger partial charge is 0.376 e. The number of benzene rings is 3. The fourth-order valence-electron chi connectivity index (χ4n) is 3.45. The van der Waals surface area contributed by atoms with Crippen molar-refractivity contribution >= 4 is 29.1 Å². The lowest BCUT2D eigenvalue weighted by molar-refractivity contribution is -0.114. The predicted molar refractivity (Wildman–Crippen MR) is 139 cm³/mol. The molecule has 0 aliphatic carbocycles. The molecule has 3 rings (SSSR count). The number of amides is 3. The lowest BCUT2D eigenvalue weighted by atomic mass is 10.1. The first-order valence-corrected chi connectivity index (χ1v) is 11.5. The summed E-state index contributed by atoms with van der Waals surface area (Å²) in [6.45, 7) is 6.24. The second-order valence-electron chi connectivity index (χ2n) is 9.41. The Balaban J connectivity index is 1.56. The van der Waals surface area contributed by atoms with Gasteiger partial charge < -0.3 is 20.9 Å². The normalized spacial score (nSPS) is 10.9. The number of nitrogens with one attached hydrogen (secondary N) is 3. The van der Waals surface area contributed by atoms with Crippen LogP contribution in [-0.4, -0.2) is 41.8 Å². The Labute approximate surface area is 206 Å². The summed E-state index contributed by atoms with van der Waals surface area (Å²) in [5, 5.41) is 8.75. The Morgan fingerprint density at radius 1 is 0.800 bits per heavy atom. The van der Waals surface area contributed by atoms with Crippen molar-refractivity contribution in [3.8, 4) is 0 Å². The Hall–Kier alpha value is -4.13. The predicted octanol–water partition coefficient (Wildman–Crippen LogP) is 4.54. The van der Waals surface area contributed by atoms with Crippen LogP contribution in [0.3, 0.4) is 0 Å². The van der Waals surface area contributed by atoms with E-state index in [0.717, 1.165) is 5.56 Å². The van der Waals surface area contributed by atoms with Gasteiger partial charge in [-0.3, -0.25) is 14.4 Å². The minimum absolute atomic E-state index is 0.00983. The van der Waals surface area contributed by atoms with Crippen molar-refractivity contribution in [2.75, 3.05) is 24.2 Å². The SMILES string of the molecule is CN(Cc1ccccc1)C(=O)c1cccc(NCC(=O)Nc2cccc(C(=O)NC(C)(C)C)c2)c1. The standard InChI is InChI=1S/C28H32N4O3/c1-28(2,3)31-26(34)21-12-8-15-24(16-21)30-25(33)18-29-23-14-9-13-22(17-23)27(35)32(4)19-20-10-6-5-7-11-20/h5-17,29H,18-19H2,1-4H3,(H,30,33)(H,31,34). The lowest BCUT2D eigenvalue weighted by Crippen LogP contribution is -2.40. The molecule has 7 heteroatoms. The van der Waals surface area contributed by atoms with Crippen LogP contribution in [0.2, 0.25) is 0 Å². The molecule has 35 heavy (non-hydrogen) atoms. The van der Waals surface area contributed by atoms with Crippen molar-refractivity contribution in [3.05, 3.63) is 95.6 Å². The van der Waals surface area contributed by atoms with Crippen LogP contribution in [0.15, 0.2) is 78.9 Å². The summed E-state index contributed by atoms with van der Waals surface area (Å²) >= 11 is 0. The van der Waals surface area contributed by atoms with E-state index in [0.29, 0.717) is 29.0 Å². The molecule has 0 saturated heterocycles. The van der Waals surface area contributed by atoms with E-state index in [1.165, 1.54) is 0 Å². The molecule has 0 aliphatic rings. The summed E-state index contributed by atoms with van der Waals surface area (Å²) in [5.41, 5.74) is 2.89. The third kappa shape index (κ3) is 7.99. The van der Waals surface area contributed by atoms with E-state index in [4.69, 9.17) is 0 Å². The summed E-state index contributed by atoms with van der Waals surface area (Å²) in [4.78, 5) is 39.4. The molecule has 0 aromatic heterocycles. The zero-order valence-electron chi connectivity index (χ0n) is 20.6. The third-order valence-corrected chi connectivity index (χ3v) is 5.07. The van der Waals surface area contributed by atoms with Crippen molar-refractivity contribution in [1.29, 1.82) is 0 Å². The van der Waals surface area contributed by atoms with Gasteiger partial charge in [0.2, 0.25) is 5.91 Å². The minimum Gasteiger partial charge on any atom is -0.376 e. The van der Waals surface area contributed by atoms with Gasteiger partial charge in [-0.15, -0.1) is 0 Å². The van der Waals surface area contributed by atoms with E-state index in [9.17, 15) is 14.4 Å². The maximum Gasteiger partial charge on any atom is 0.253 e. The van der Waals surface area contributed by atoms with Gasteiger partial charge in [-0.05, 0) is 62.7 Å². The van der Waals surface area contributed by atoms with Gasteiger partial charge in [0.15, 0.2) is 0 Å². The van der Waals surface area contributed by atoms with E-state index in [-0.39, 0.29) is 29.8 Å².